The van der Waals surface area contributed by atoms with Crippen molar-refractivity contribution in [2.45, 2.75) is 37.7 Å². The molecule has 1 aliphatic heterocycles. The maximum absolute atomic E-state index is 13.6. The third kappa shape index (κ3) is 9.32. The molecule has 3 rings (SSSR count). The second-order valence-electron chi connectivity index (χ2n) is 9.69. The predicted octanol–water partition coefficient (Wildman–Crippen LogP) is 0.971. The molecule has 0 unspecified atom stereocenters. The number of nitrogens with zero attached hydrogens (tertiary/aromatic N) is 2. The fraction of sp³-hybridized carbons (Fsp3) is 0.379. The van der Waals surface area contributed by atoms with E-state index in [1.165, 1.54) is 13.2 Å². The number of guanidine groups is 2. The van der Waals surface area contributed by atoms with Crippen molar-refractivity contribution in [3.05, 3.63) is 59.2 Å². The van der Waals surface area contributed by atoms with E-state index in [-0.39, 0.29) is 29.5 Å². The van der Waals surface area contributed by atoms with Crippen LogP contribution in [0.1, 0.15) is 54.4 Å². The molecular weight excluding hydrogens is 540 g/mol. The third-order valence-corrected chi connectivity index (χ3v) is 6.50. The zero-order valence-electron chi connectivity index (χ0n) is 23.7. The van der Waals surface area contributed by atoms with E-state index in [9.17, 15) is 14.7 Å². The molecule has 2 atom stereocenters. The summed E-state index contributed by atoms with van der Waals surface area (Å²) >= 11 is 0. The largest absolute Gasteiger partial charge is 0.508 e. The highest BCUT2D eigenvalue weighted by atomic mass is 16.5. The molecule has 42 heavy (non-hydrogen) atoms. The summed E-state index contributed by atoms with van der Waals surface area (Å²) in [6.45, 7) is 1.88. The number of nitrogens with two attached hydrogens (primary N) is 4. The number of hydrogen-bond donors (Lipinski definition) is 7. The number of hydrogen-bond acceptors (Lipinski definition) is 7. The number of amides is 2. The van der Waals surface area contributed by atoms with E-state index in [0.29, 0.717) is 61.6 Å². The number of phenols is 1. The first-order valence-electron chi connectivity index (χ1n) is 13.7. The van der Waals surface area contributed by atoms with E-state index < -0.39 is 12.0 Å². The van der Waals surface area contributed by atoms with Gasteiger partial charge in [0.15, 0.2) is 23.4 Å². The summed E-state index contributed by atoms with van der Waals surface area (Å²) < 4.78 is 11.9. The number of benzene rings is 2. The summed E-state index contributed by atoms with van der Waals surface area (Å²) in [4.78, 5) is 33.8. The molecule has 0 saturated carbocycles. The van der Waals surface area contributed by atoms with Crippen LogP contribution in [0, 0.1) is 0 Å². The lowest BCUT2D eigenvalue weighted by molar-refractivity contribution is -0.124. The Kier molecular flexibility index (Phi) is 11.8. The van der Waals surface area contributed by atoms with Crippen LogP contribution in [0.3, 0.4) is 0 Å². The monoisotopic (exact) mass is 580 g/mol. The van der Waals surface area contributed by atoms with Gasteiger partial charge in [-0.05, 0) is 67.2 Å². The van der Waals surface area contributed by atoms with Gasteiger partial charge in [0.25, 0.3) is 0 Å². The molecule has 2 aromatic carbocycles. The SMILES string of the molecule is COc1cc(C=CC(=O)NCCCCN=C(N)N)cc2c1O[C@H](c1ccc(O)cc1)[C@@H]2C(=O)NCCCCN=C(N)N. The highest BCUT2D eigenvalue weighted by Gasteiger charge is 2.42. The van der Waals surface area contributed by atoms with Gasteiger partial charge in [-0.3, -0.25) is 19.6 Å². The maximum atomic E-state index is 13.6. The van der Waals surface area contributed by atoms with E-state index in [4.69, 9.17) is 32.4 Å². The lowest BCUT2D eigenvalue weighted by Gasteiger charge is -2.19. The smallest absolute Gasteiger partial charge is 0.243 e. The van der Waals surface area contributed by atoms with Crippen LogP contribution in [-0.4, -0.2) is 62.1 Å². The van der Waals surface area contributed by atoms with Crippen LogP contribution >= 0.6 is 0 Å². The molecular formula is C29H40N8O5. The molecule has 0 aliphatic carbocycles. The van der Waals surface area contributed by atoms with Gasteiger partial charge in [-0.2, -0.15) is 0 Å². The van der Waals surface area contributed by atoms with Crippen molar-refractivity contribution in [1.29, 1.82) is 0 Å². The van der Waals surface area contributed by atoms with E-state index in [2.05, 4.69) is 20.6 Å². The number of carbonyl (C=O) groups is 2. The van der Waals surface area contributed by atoms with Crippen LogP contribution in [-0.2, 0) is 9.59 Å². The van der Waals surface area contributed by atoms with Crippen molar-refractivity contribution >= 4 is 29.8 Å². The maximum Gasteiger partial charge on any atom is 0.243 e. The third-order valence-electron chi connectivity index (χ3n) is 6.50. The van der Waals surface area contributed by atoms with Gasteiger partial charge in [-0.15, -0.1) is 0 Å². The molecule has 1 aliphatic rings. The Hall–Kier alpha value is -4.94. The molecule has 1 heterocycles. The summed E-state index contributed by atoms with van der Waals surface area (Å²) in [7, 11) is 1.51. The minimum atomic E-state index is -0.705. The lowest BCUT2D eigenvalue weighted by atomic mass is 9.89. The van der Waals surface area contributed by atoms with Crippen molar-refractivity contribution in [3.8, 4) is 17.2 Å². The summed E-state index contributed by atoms with van der Waals surface area (Å²) in [5.74, 6) is -0.122. The Balaban J connectivity index is 1.76. The molecule has 0 spiro atoms. The average Bonchev–Trinajstić information content (AvgIpc) is 3.34. The van der Waals surface area contributed by atoms with Gasteiger partial charge in [0.05, 0.1) is 7.11 Å². The number of aliphatic imine (C=N–C) groups is 2. The van der Waals surface area contributed by atoms with E-state index in [1.54, 1.807) is 36.4 Å². The quantitative estimate of drug-likeness (QED) is 0.0688. The van der Waals surface area contributed by atoms with Crippen LogP contribution < -0.4 is 43.0 Å². The van der Waals surface area contributed by atoms with E-state index in [1.807, 2.05) is 6.07 Å². The fourth-order valence-electron chi connectivity index (χ4n) is 4.47. The number of phenolic OH excluding ortho intramolecular Hbond substituents is 1. The van der Waals surface area contributed by atoms with Gasteiger partial charge < -0.3 is 48.1 Å². The van der Waals surface area contributed by atoms with Crippen molar-refractivity contribution in [2.24, 2.45) is 32.9 Å². The van der Waals surface area contributed by atoms with Crippen molar-refractivity contribution in [1.82, 2.24) is 10.6 Å². The zero-order valence-corrected chi connectivity index (χ0v) is 23.7. The summed E-state index contributed by atoms with van der Waals surface area (Å²) in [6, 6.07) is 10.1. The Morgan fingerprint density at radius 3 is 2.17 bits per heavy atom. The average molecular weight is 581 g/mol. The number of methoxy groups -OCH3 is 1. The summed E-state index contributed by atoms with van der Waals surface area (Å²) in [5.41, 5.74) is 23.4. The first-order chi connectivity index (χ1) is 20.2. The Labute approximate surface area is 245 Å². The van der Waals surface area contributed by atoms with Crippen LogP contribution in [0.15, 0.2) is 52.5 Å². The Morgan fingerprint density at radius 1 is 0.952 bits per heavy atom. The zero-order chi connectivity index (χ0) is 30.5. The van der Waals surface area contributed by atoms with Crippen molar-refractivity contribution in [2.75, 3.05) is 33.3 Å². The van der Waals surface area contributed by atoms with Gasteiger partial charge in [0.1, 0.15) is 17.8 Å². The standard InChI is InChI=1S/C29H40N8O5/c1-41-22-17-18(6-11-23(39)34-12-2-4-14-36-28(30)31)16-21-24(27(40)35-13-3-5-15-37-29(32)33)25(42-26(21)22)19-7-9-20(38)10-8-19/h6-11,16-17,24-25,38H,2-5,12-15H2,1H3,(H,34,39)(H,35,40)(H4,30,31,36)(H4,32,33,37)/t24-,25-/m1/s1. The second kappa shape index (κ2) is 15.7. The van der Waals surface area contributed by atoms with Gasteiger partial charge >= 0.3 is 0 Å². The molecule has 0 radical (unpaired) electrons. The number of ether oxygens (including phenoxy) is 2. The Morgan fingerprint density at radius 2 is 1.57 bits per heavy atom. The fourth-order valence-corrected chi connectivity index (χ4v) is 4.47. The number of nitrogens with one attached hydrogen (secondary N) is 2. The summed E-state index contributed by atoms with van der Waals surface area (Å²) in [6.07, 6.45) is 5.29. The van der Waals surface area contributed by atoms with Gasteiger partial charge in [0.2, 0.25) is 11.8 Å². The van der Waals surface area contributed by atoms with Gasteiger partial charge in [-0.1, -0.05) is 12.1 Å². The second-order valence-corrected chi connectivity index (χ2v) is 9.69. The molecule has 0 fully saturated rings. The van der Waals surface area contributed by atoms with Gasteiger partial charge in [0, 0.05) is 37.8 Å². The van der Waals surface area contributed by atoms with Crippen LogP contribution in [0.25, 0.3) is 6.08 Å². The van der Waals surface area contributed by atoms with Crippen LogP contribution in [0.2, 0.25) is 0 Å². The molecule has 2 aromatic rings. The number of aromatic hydroxyl groups is 1. The number of unbranched alkanes of at least 4 members (excludes halogenated alkanes) is 2. The lowest BCUT2D eigenvalue weighted by Crippen LogP contribution is -2.32. The number of fused-ring (bicyclic) bond motifs is 1. The Bertz CT molecular complexity index is 1300. The van der Waals surface area contributed by atoms with Crippen molar-refractivity contribution < 1.29 is 24.2 Å². The summed E-state index contributed by atoms with van der Waals surface area (Å²) in [5, 5.41) is 15.6. The topological polar surface area (TPSA) is 226 Å². The highest BCUT2D eigenvalue weighted by molar-refractivity contribution is 5.92. The first-order valence-corrected chi connectivity index (χ1v) is 13.7. The molecule has 226 valence electrons. The molecule has 0 aromatic heterocycles. The van der Waals surface area contributed by atoms with E-state index >= 15 is 0 Å². The molecule has 11 N–H and O–H groups in total. The number of rotatable bonds is 15. The predicted molar refractivity (Wildman–Crippen MR) is 162 cm³/mol. The minimum Gasteiger partial charge on any atom is -0.508 e. The number of carbonyl (C=O) groups excluding carboxylic acids is 2. The first kappa shape index (κ1) is 31.6. The molecule has 13 heteroatoms. The molecule has 0 bridgehead atoms. The van der Waals surface area contributed by atoms with Crippen LogP contribution in [0.5, 0.6) is 17.2 Å². The van der Waals surface area contributed by atoms with E-state index in [0.717, 1.165) is 18.4 Å². The van der Waals surface area contributed by atoms with Crippen molar-refractivity contribution in [3.63, 3.8) is 0 Å². The molecule has 13 nitrogen and oxygen atoms in total. The van der Waals surface area contributed by atoms with Gasteiger partial charge in [-0.25, -0.2) is 0 Å². The normalized spacial score (nSPS) is 15.4. The highest BCUT2D eigenvalue weighted by Crippen LogP contribution is 2.51. The molecule has 0 saturated heterocycles. The minimum absolute atomic E-state index is 0.0336. The molecule has 2 amide bonds. The van der Waals surface area contributed by atoms with Crippen LogP contribution in [0.4, 0.5) is 0 Å².